The van der Waals surface area contributed by atoms with Crippen molar-refractivity contribution in [3.05, 3.63) is 58.1 Å². The Balaban J connectivity index is 1.62. The van der Waals surface area contributed by atoms with Gasteiger partial charge < -0.3 is 9.64 Å². The molecule has 0 aromatic heterocycles. The summed E-state index contributed by atoms with van der Waals surface area (Å²) in [5.74, 6) is -0.0200. The molecule has 3 heterocycles. The number of halogens is 2. The molecule has 0 radical (unpaired) electrons. The van der Waals surface area contributed by atoms with E-state index in [2.05, 4.69) is 10.0 Å². The number of amides is 1. The molecule has 5 rings (SSSR count). The molecule has 0 unspecified atom stereocenters. The Bertz CT molecular complexity index is 992. The number of hydrogen-bond donors (Lipinski definition) is 0. The van der Waals surface area contributed by atoms with Crippen LogP contribution in [0.3, 0.4) is 0 Å². The van der Waals surface area contributed by atoms with Gasteiger partial charge in [0.15, 0.2) is 0 Å². The monoisotopic (exact) mass is 415 g/mol. The Hall–Kier alpha value is -2.08. The standard InChI is InChI=1S/C21H19Cl2N3O2/c1-13-21(20(27)26(24-13)17-6-4-15(22)5-7-17)11-14-2-3-16(23)10-18(14)25-8-9-28-12-19(21)25/h2-7,10,19H,8-9,11-12H2,1H3/t19-,21+/m0/s1. The average molecular weight is 416 g/mol. The highest BCUT2D eigenvalue weighted by Crippen LogP contribution is 2.48. The Morgan fingerprint density at radius 3 is 2.68 bits per heavy atom. The second-order valence-corrected chi connectivity index (χ2v) is 8.36. The molecule has 0 saturated carbocycles. The first-order valence-corrected chi connectivity index (χ1v) is 10.0. The van der Waals surface area contributed by atoms with Crippen LogP contribution in [-0.2, 0) is 16.0 Å². The second-order valence-electron chi connectivity index (χ2n) is 7.48. The smallest absolute Gasteiger partial charge is 0.261 e. The van der Waals surface area contributed by atoms with E-state index >= 15 is 0 Å². The molecule has 5 nitrogen and oxygen atoms in total. The minimum Gasteiger partial charge on any atom is -0.377 e. The number of nitrogens with zero attached hydrogens (tertiary/aromatic N) is 3. The zero-order valence-corrected chi connectivity index (χ0v) is 16.9. The third kappa shape index (κ3) is 2.50. The van der Waals surface area contributed by atoms with E-state index in [1.54, 1.807) is 12.1 Å². The summed E-state index contributed by atoms with van der Waals surface area (Å²) in [4.78, 5) is 16.1. The molecule has 3 aliphatic rings. The van der Waals surface area contributed by atoms with Gasteiger partial charge in [-0.1, -0.05) is 29.3 Å². The van der Waals surface area contributed by atoms with Crippen molar-refractivity contribution >= 4 is 46.2 Å². The van der Waals surface area contributed by atoms with Gasteiger partial charge in [0, 0.05) is 22.3 Å². The predicted octanol–water partition coefficient (Wildman–Crippen LogP) is 4.16. The lowest BCUT2D eigenvalue weighted by Crippen LogP contribution is -2.64. The largest absolute Gasteiger partial charge is 0.377 e. The van der Waals surface area contributed by atoms with Gasteiger partial charge in [-0.3, -0.25) is 4.79 Å². The number of hydrogen-bond acceptors (Lipinski definition) is 4. The van der Waals surface area contributed by atoms with Gasteiger partial charge in [-0.2, -0.15) is 10.1 Å². The van der Waals surface area contributed by atoms with Gasteiger partial charge in [0.05, 0.1) is 30.7 Å². The number of hydrazone groups is 1. The molecule has 0 aliphatic carbocycles. The van der Waals surface area contributed by atoms with Crippen LogP contribution in [0.5, 0.6) is 0 Å². The maximum atomic E-state index is 13.8. The summed E-state index contributed by atoms with van der Waals surface area (Å²) < 4.78 is 5.81. The van der Waals surface area contributed by atoms with Crippen molar-refractivity contribution in [1.82, 2.24) is 0 Å². The van der Waals surface area contributed by atoms with E-state index in [1.807, 2.05) is 37.3 Å². The quantitative estimate of drug-likeness (QED) is 0.701. The molecule has 2 atom stereocenters. The highest BCUT2D eigenvalue weighted by atomic mass is 35.5. The van der Waals surface area contributed by atoms with Crippen molar-refractivity contribution in [3.63, 3.8) is 0 Å². The van der Waals surface area contributed by atoms with Crippen molar-refractivity contribution < 1.29 is 9.53 Å². The summed E-state index contributed by atoms with van der Waals surface area (Å²) in [6.07, 6.45) is 0.586. The molecule has 144 valence electrons. The second kappa shape index (κ2) is 6.48. The Labute approximate surface area is 173 Å². The highest BCUT2D eigenvalue weighted by Gasteiger charge is 2.59. The van der Waals surface area contributed by atoms with Crippen molar-refractivity contribution in [3.8, 4) is 0 Å². The highest BCUT2D eigenvalue weighted by molar-refractivity contribution is 6.31. The number of carbonyl (C=O) groups excluding carboxylic acids is 1. The number of anilines is 2. The molecule has 2 aromatic carbocycles. The van der Waals surface area contributed by atoms with E-state index in [9.17, 15) is 4.79 Å². The molecule has 2 aromatic rings. The van der Waals surface area contributed by atoms with E-state index in [-0.39, 0.29) is 11.9 Å². The van der Waals surface area contributed by atoms with Gasteiger partial charge in [-0.05, 0) is 55.3 Å². The fourth-order valence-corrected chi connectivity index (χ4v) is 4.94. The van der Waals surface area contributed by atoms with Gasteiger partial charge in [0.1, 0.15) is 5.41 Å². The maximum Gasteiger partial charge on any atom is 0.261 e. The molecular weight excluding hydrogens is 397 g/mol. The summed E-state index contributed by atoms with van der Waals surface area (Å²) in [5.41, 5.74) is 2.99. The summed E-state index contributed by atoms with van der Waals surface area (Å²) in [5, 5.41) is 7.52. The van der Waals surface area contributed by atoms with Gasteiger partial charge in [0.25, 0.3) is 5.91 Å². The summed E-state index contributed by atoms with van der Waals surface area (Å²) >= 11 is 12.3. The van der Waals surface area contributed by atoms with Gasteiger partial charge >= 0.3 is 0 Å². The van der Waals surface area contributed by atoms with Crippen LogP contribution in [0.1, 0.15) is 12.5 Å². The first-order valence-electron chi connectivity index (χ1n) is 9.29. The van der Waals surface area contributed by atoms with Gasteiger partial charge in [0.2, 0.25) is 0 Å². The number of ether oxygens (including phenoxy) is 1. The molecule has 7 heteroatoms. The first-order chi connectivity index (χ1) is 13.5. The first kappa shape index (κ1) is 18.0. The Morgan fingerprint density at radius 1 is 1.14 bits per heavy atom. The fraction of sp³-hybridized carbons (Fsp3) is 0.333. The van der Waals surface area contributed by atoms with Crippen molar-refractivity contribution in [2.75, 3.05) is 29.7 Å². The van der Waals surface area contributed by atoms with E-state index < -0.39 is 5.41 Å². The summed E-state index contributed by atoms with van der Waals surface area (Å²) in [7, 11) is 0. The number of morpholine rings is 1. The van der Waals surface area contributed by atoms with E-state index in [4.69, 9.17) is 27.9 Å². The molecule has 1 fully saturated rings. The molecule has 1 saturated heterocycles. The molecule has 1 spiro atoms. The third-order valence-corrected chi connectivity index (χ3v) is 6.55. The van der Waals surface area contributed by atoms with Crippen LogP contribution in [-0.4, -0.2) is 37.4 Å². The number of rotatable bonds is 1. The Morgan fingerprint density at radius 2 is 1.89 bits per heavy atom. The van der Waals surface area contributed by atoms with Crippen LogP contribution in [0, 0.1) is 5.41 Å². The minimum atomic E-state index is -0.749. The molecule has 3 aliphatic heterocycles. The lowest BCUT2D eigenvalue weighted by Gasteiger charge is -2.50. The van der Waals surface area contributed by atoms with Crippen LogP contribution in [0.2, 0.25) is 10.0 Å². The van der Waals surface area contributed by atoms with E-state index in [1.165, 1.54) is 5.01 Å². The molecule has 0 N–H and O–H groups in total. The van der Waals surface area contributed by atoms with Gasteiger partial charge in [-0.25, -0.2) is 0 Å². The van der Waals surface area contributed by atoms with Crippen LogP contribution in [0.4, 0.5) is 11.4 Å². The van der Waals surface area contributed by atoms with E-state index in [0.29, 0.717) is 29.7 Å². The molecular formula is C21H19Cl2N3O2. The zero-order valence-electron chi connectivity index (χ0n) is 15.4. The SMILES string of the molecule is CC1=NN(c2ccc(Cl)cc2)C(=O)[C@]12Cc1ccc(Cl)cc1N1CCOC[C@H]12. The van der Waals surface area contributed by atoms with Gasteiger partial charge in [-0.15, -0.1) is 0 Å². The third-order valence-electron chi connectivity index (χ3n) is 6.06. The topological polar surface area (TPSA) is 45.1 Å². The number of benzene rings is 2. The van der Waals surface area contributed by atoms with Crippen molar-refractivity contribution in [2.45, 2.75) is 19.4 Å². The lowest BCUT2D eigenvalue weighted by atomic mass is 9.68. The average Bonchev–Trinajstić information content (AvgIpc) is 2.95. The van der Waals surface area contributed by atoms with Crippen LogP contribution < -0.4 is 9.91 Å². The maximum absolute atomic E-state index is 13.8. The van der Waals surface area contributed by atoms with Crippen LogP contribution in [0.25, 0.3) is 0 Å². The van der Waals surface area contributed by atoms with Crippen LogP contribution >= 0.6 is 23.2 Å². The molecule has 0 bridgehead atoms. The van der Waals surface area contributed by atoms with Crippen molar-refractivity contribution in [2.24, 2.45) is 10.5 Å². The minimum absolute atomic E-state index is 0.0200. The predicted molar refractivity (Wildman–Crippen MR) is 112 cm³/mol. The lowest BCUT2D eigenvalue weighted by molar-refractivity contribution is -0.126. The van der Waals surface area contributed by atoms with Crippen molar-refractivity contribution in [1.29, 1.82) is 0 Å². The fourth-order valence-electron chi connectivity index (χ4n) is 4.65. The summed E-state index contributed by atoms with van der Waals surface area (Å²) in [6.45, 7) is 3.78. The number of fused-ring (bicyclic) bond motifs is 4. The molecule has 1 amide bonds. The van der Waals surface area contributed by atoms with Crippen LogP contribution in [0.15, 0.2) is 47.6 Å². The molecule has 28 heavy (non-hydrogen) atoms. The number of carbonyl (C=O) groups is 1. The van der Waals surface area contributed by atoms with E-state index in [0.717, 1.165) is 29.2 Å². The normalized spacial score (nSPS) is 26.3. The summed E-state index contributed by atoms with van der Waals surface area (Å²) in [6, 6.07) is 13.0. The Kier molecular flexibility index (Phi) is 4.16. The zero-order chi connectivity index (χ0) is 19.5.